The zero-order valence-corrected chi connectivity index (χ0v) is 13.3. The van der Waals surface area contributed by atoms with Gasteiger partial charge in [-0.1, -0.05) is 19.1 Å². The van der Waals surface area contributed by atoms with Gasteiger partial charge in [0.1, 0.15) is 5.75 Å². The molecule has 0 bridgehead atoms. The number of benzene rings is 1. The highest BCUT2D eigenvalue weighted by molar-refractivity contribution is 5.79. The van der Waals surface area contributed by atoms with Crippen molar-refractivity contribution < 1.29 is 18.3 Å². The molecule has 3 N–H and O–H groups in total. The van der Waals surface area contributed by atoms with Crippen molar-refractivity contribution in [3.8, 4) is 5.75 Å². The molecule has 1 saturated heterocycles. The topological polar surface area (TPSA) is 67.6 Å². The number of para-hydroxylation sites is 2. The number of halogens is 2. The molecule has 5 nitrogen and oxygen atoms in total. The van der Waals surface area contributed by atoms with Gasteiger partial charge < -0.3 is 20.7 Å². The zero-order chi connectivity index (χ0) is 17.0. The number of amides is 1. The Morgan fingerprint density at radius 3 is 2.74 bits per heavy atom. The Kier molecular flexibility index (Phi) is 5.76. The van der Waals surface area contributed by atoms with Gasteiger partial charge in [0.05, 0.1) is 5.69 Å². The molecule has 0 saturated carbocycles. The second-order valence-corrected chi connectivity index (χ2v) is 5.93. The first kappa shape index (κ1) is 17.5. The van der Waals surface area contributed by atoms with E-state index in [0.717, 1.165) is 6.42 Å². The van der Waals surface area contributed by atoms with Crippen LogP contribution < -0.4 is 20.7 Å². The van der Waals surface area contributed by atoms with Gasteiger partial charge in [0.15, 0.2) is 0 Å². The minimum atomic E-state index is -2.86. The molecule has 1 aromatic rings. The van der Waals surface area contributed by atoms with Crippen molar-refractivity contribution in [2.75, 3.05) is 18.0 Å². The first-order chi connectivity index (χ1) is 10.9. The van der Waals surface area contributed by atoms with Gasteiger partial charge in [-0.25, -0.2) is 0 Å². The normalized spacial score (nSPS) is 20.4. The van der Waals surface area contributed by atoms with Crippen LogP contribution in [0.25, 0.3) is 0 Å². The summed E-state index contributed by atoms with van der Waals surface area (Å²) in [5.74, 6) is -0.194. The van der Waals surface area contributed by atoms with Crippen LogP contribution in [0.2, 0.25) is 0 Å². The summed E-state index contributed by atoms with van der Waals surface area (Å²) in [6, 6.07) is 6.45. The van der Waals surface area contributed by atoms with Gasteiger partial charge in [0.2, 0.25) is 5.91 Å². The van der Waals surface area contributed by atoms with Crippen LogP contribution in [0.1, 0.15) is 20.3 Å². The molecule has 1 aliphatic rings. The predicted octanol–water partition coefficient (Wildman–Crippen LogP) is 1.97. The number of carbonyl (C=O) groups excluding carboxylic acids is 1. The second kappa shape index (κ2) is 7.59. The number of nitrogens with zero attached hydrogens (tertiary/aromatic N) is 1. The summed E-state index contributed by atoms with van der Waals surface area (Å²) < 4.78 is 29.5. The second-order valence-electron chi connectivity index (χ2n) is 5.93. The van der Waals surface area contributed by atoms with Crippen molar-refractivity contribution in [1.29, 1.82) is 0 Å². The van der Waals surface area contributed by atoms with E-state index in [2.05, 4.69) is 10.1 Å². The number of ether oxygens (including phenoxy) is 1. The molecule has 0 spiro atoms. The van der Waals surface area contributed by atoms with E-state index in [-0.39, 0.29) is 29.7 Å². The molecule has 1 fully saturated rings. The molecule has 128 valence electrons. The van der Waals surface area contributed by atoms with E-state index in [4.69, 9.17) is 5.73 Å². The number of nitrogens with one attached hydrogen (secondary N) is 1. The molecule has 1 aliphatic heterocycles. The number of carbonyl (C=O) groups is 1. The van der Waals surface area contributed by atoms with Crippen molar-refractivity contribution in [2.24, 2.45) is 11.7 Å². The standard InChI is InChI=1S/C16H23F2N3O2/c1-10(11(2)19)15(22)20-12-7-8-21(9-12)13-5-3-4-6-14(13)23-16(17)18/h3-6,10-12,16H,7-9,19H2,1-2H3,(H,20,22). The van der Waals surface area contributed by atoms with Crippen LogP contribution in [-0.2, 0) is 4.79 Å². The summed E-state index contributed by atoms with van der Waals surface area (Å²) in [6.45, 7) is 1.95. The van der Waals surface area contributed by atoms with E-state index < -0.39 is 6.61 Å². The van der Waals surface area contributed by atoms with Crippen LogP contribution in [0.5, 0.6) is 5.75 Å². The molecule has 1 aromatic carbocycles. The molecular weight excluding hydrogens is 304 g/mol. The van der Waals surface area contributed by atoms with Crippen molar-refractivity contribution in [2.45, 2.75) is 39.0 Å². The average molecular weight is 327 g/mol. The van der Waals surface area contributed by atoms with Gasteiger partial charge in [-0.2, -0.15) is 8.78 Å². The fourth-order valence-corrected chi connectivity index (χ4v) is 2.58. The maximum atomic E-state index is 12.5. The molecule has 2 rings (SSSR count). The summed E-state index contributed by atoms with van der Waals surface area (Å²) in [5, 5.41) is 2.97. The predicted molar refractivity (Wildman–Crippen MR) is 84.6 cm³/mol. The third kappa shape index (κ3) is 4.54. The van der Waals surface area contributed by atoms with Gasteiger partial charge in [-0.15, -0.1) is 0 Å². The molecule has 7 heteroatoms. The highest BCUT2D eigenvalue weighted by atomic mass is 19.3. The average Bonchev–Trinajstić information content (AvgIpc) is 2.94. The van der Waals surface area contributed by atoms with Crippen LogP contribution in [0.15, 0.2) is 24.3 Å². The quantitative estimate of drug-likeness (QED) is 0.838. The first-order valence-corrected chi connectivity index (χ1v) is 7.73. The molecule has 0 aliphatic carbocycles. The summed E-state index contributed by atoms with van der Waals surface area (Å²) >= 11 is 0. The number of alkyl halides is 2. The Hall–Kier alpha value is -1.89. The fraction of sp³-hybridized carbons (Fsp3) is 0.562. The Balaban J connectivity index is 1.99. The van der Waals surface area contributed by atoms with E-state index in [1.54, 1.807) is 32.0 Å². The number of nitrogens with two attached hydrogens (primary N) is 1. The summed E-state index contributed by atoms with van der Waals surface area (Å²) in [4.78, 5) is 14.0. The molecule has 23 heavy (non-hydrogen) atoms. The smallest absolute Gasteiger partial charge is 0.387 e. The minimum absolute atomic E-state index is 0.0247. The highest BCUT2D eigenvalue weighted by Crippen LogP contribution is 2.31. The number of rotatable bonds is 6. The third-order valence-electron chi connectivity index (χ3n) is 4.16. The lowest BCUT2D eigenvalue weighted by Crippen LogP contribution is -2.44. The van der Waals surface area contributed by atoms with Crippen LogP contribution >= 0.6 is 0 Å². The van der Waals surface area contributed by atoms with Crippen molar-refractivity contribution in [1.82, 2.24) is 5.32 Å². The molecule has 3 atom stereocenters. The van der Waals surface area contributed by atoms with E-state index >= 15 is 0 Å². The largest absolute Gasteiger partial charge is 0.433 e. The van der Waals surface area contributed by atoms with Gasteiger partial charge in [0.25, 0.3) is 0 Å². The highest BCUT2D eigenvalue weighted by Gasteiger charge is 2.28. The van der Waals surface area contributed by atoms with Gasteiger partial charge in [-0.3, -0.25) is 4.79 Å². The molecule has 0 radical (unpaired) electrons. The van der Waals surface area contributed by atoms with E-state index in [1.165, 1.54) is 6.07 Å². The lowest BCUT2D eigenvalue weighted by Gasteiger charge is -2.23. The Morgan fingerprint density at radius 2 is 2.09 bits per heavy atom. The lowest BCUT2D eigenvalue weighted by atomic mass is 10.0. The lowest BCUT2D eigenvalue weighted by molar-refractivity contribution is -0.125. The number of hydrogen-bond acceptors (Lipinski definition) is 4. The Bertz CT molecular complexity index is 540. The molecule has 1 amide bonds. The monoisotopic (exact) mass is 327 g/mol. The van der Waals surface area contributed by atoms with Crippen LogP contribution in [0.3, 0.4) is 0 Å². The van der Waals surface area contributed by atoms with E-state index in [9.17, 15) is 13.6 Å². The number of hydrogen-bond donors (Lipinski definition) is 2. The molecular formula is C16H23F2N3O2. The van der Waals surface area contributed by atoms with Gasteiger partial charge >= 0.3 is 6.61 Å². The van der Waals surface area contributed by atoms with E-state index in [0.29, 0.717) is 18.8 Å². The van der Waals surface area contributed by atoms with Crippen molar-refractivity contribution >= 4 is 11.6 Å². The van der Waals surface area contributed by atoms with Gasteiger partial charge in [0, 0.05) is 31.1 Å². The fourth-order valence-electron chi connectivity index (χ4n) is 2.58. The molecule has 1 heterocycles. The summed E-state index contributed by atoms with van der Waals surface area (Å²) in [7, 11) is 0. The van der Waals surface area contributed by atoms with Crippen LogP contribution in [0.4, 0.5) is 14.5 Å². The Labute approximate surface area is 134 Å². The minimum Gasteiger partial charge on any atom is -0.433 e. The summed E-state index contributed by atoms with van der Waals surface area (Å²) in [5.41, 5.74) is 6.35. The van der Waals surface area contributed by atoms with Crippen LogP contribution in [-0.4, -0.2) is 37.7 Å². The maximum Gasteiger partial charge on any atom is 0.387 e. The molecule has 3 unspecified atom stereocenters. The SMILES string of the molecule is CC(N)C(C)C(=O)NC1CCN(c2ccccc2OC(F)F)C1. The maximum absolute atomic E-state index is 12.5. The third-order valence-corrected chi connectivity index (χ3v) is 4.16. The number of anilines is 1. The first-order valence-electron chi connectivity index (χ1n) is 7.73. The Morgan fingerprint density at radius 1 is 1.39 bits per heavy atom. The summed E-state index contributed by atoms with van der Waals surface area (Å²) in [6.07, 6.45) is 0.750. The van der Waals surface area contributed by atoms with Crippen LogP contribution in [0, 0.1) is 5.92 Å². The van der Waals surface area contributed by atoms with Crippen molar-refractivity contribution in [3.63, 3.8) is 0 Å². The molecule has 0 aromatic heterocycles. The zero-order valence-electron chi connectivity index (χ0n) is 13.3. The van der Waals surface area contributed by atoms with Crippen molar-refractivity contribution in [3.05, 3.63) is 24.3 Å². The van der Waals surface area contributed by atoms with Gasteiger partial charge in [-0.05, 0) is 25.5 Å². The van der Waals surface area contributed by atoms with E-state index in [1.807, 2.05) is 4.90 Å².